The van der Waals surface area contributed by atoms with Gasteiger partial charge in [-0.05, 0) is 12.1 Å². The number of benzene rings is 2. The van der Waals surface area contributed by atoms with Crippen molar-refractivity contribution in [2.24, 2.45) is 0 Å². The van der Waals surface area contributed by atoms with Crippen LogP contribution in [-0.2, 0) is 15.2 Å². The second kappa shape index (κ2) is 5.07. The molecule has 1 aliphatic rings. The van der Waals surface area contributed by atoms with Crippen molar-refractivity contribution in [2.75, 3.05) is 0 Å². The molecular weight excluding hydrogens is 289 g/mol. The number of halogens is 1. The highest BCUT2D eigenvalue weighted by atomic mass is 19.1. The van der Waals surface area contributed by atoms with Crippen molar-refractivity contribution in [2.45, 2.75) is 5.60 Å². The SMILES string of the molecule is O=C(O)C1=CC(c2ccccc2)(c2ccc(F)cc2)O[N+]1=O. The maximum absolute atomic E-state index is 13.2. The van der Waals surface area contributed by atoms with Gasteiger partial charge in [-0.3, -0.25) is 0 Å². The van der Waals surface area contributed by atoms with E-state index in [1.165, 1.54) is 30.3 Å². The molecule has 3 rings (SSSR count). The lowest BCUT2D eigenvalue weighted by atomic mass is 9.86. The minimum Gasteiger partial charge on any atom is -0.473 e. The van der Waals surface area contributed by atoms with Gasteiger partial charge in [-0.25, -0.2) is 14.0 Å². The molecule has 0 spiro atoms. The van der Waals surface area contributed by atoms with Crippen LogP contribution >= 0.6 is 0 Å². The van der Waals surface area contributed by atoms with Gasteiger partial charge >= 0.3 is 11.7 Å². The summed E-state index contributed by atoms with van der Waals surface area (Å²) < 4.78 is 13.2. The Morgan fingerprint density at radius 3 is 2.18 bits per heavy atom. The van der Waals surface area contributed by atoms with Gasteiger partial charge in [-0.2, -0.15) is 0 Å². The molecule has 0 aliphatic carbocycles. The third kappa shape index (κ3) is 2.14. The van der Waals surface area contributed by atoms with E-state index in [2.05, 4.69) is 0 Å². The monoisotopic (exact) mass is 300 g/mol. The lowest BCUT2D eigenvalue weighted by Gasteiger charge is -2.21. The molecule has 2 aromatic rings. The summed E-state index contributed by atoms with van der Waals surface area (Å²) in [6, 6.07) is 14.0. The average molecular weight is 300 g/mol. The van der Waals surface area contributed by atoms with Gasteiger partial charge in [0.15, 0.2) is 0 Å². The van der Waals surface area contributed by atoms with Crippen molar-refractivity contribution in [1.29, 1.82) is 0 Å². The van der Waals surface area contributed by atoms with Gasteiger partial charge in [-0.15, -0.1) is 0 Å². The van der Waals surface area contributed by atoms with Crippen LogP contribution in [0.1, 0.15) is 11.1 Å². The summed E-state index contributed by atoms with van der Waals surface area (Å²) in [6.45, 7) is 0. The Hall–Kier alpha value is -3.02. The number of carboxylic acids is 1. The van der Waals surface area contributed by atoms with Crippen LogP contribution in [0, 0.1) is 10.7 Å². The van der Waals surface area contributed by atoms with Crippen molar-refractivity contribution in [1.82, 2.24) is 0 Å². The highest BCUT2D eigenvalue weighted by molar-refractivity contribution is 5.84. The minimum absolute atomic E-state index is 0.0291. The first kappa shape index (κ1) is 13.9. The molecule has 2 aromatic carbocycles. The normalized spacial score (nSPS) is 20.4. The van der Waals surface area contributed by atoms with Crippen molar-refractivity contribution >= 4 is 5.97 Å². The van der Waals surface area contributed by atoms with Gasteiger partial charge in [0, 0.05) is 11.1 Å². The Bertz CT molecular complexity index is 770. The van der Waals surface area contributed by atoms with Crippen LogP contribution in [0.2, 0.25) is 0 Å². The molecular formula is C16H11FNO4+. The Labute approximate surface area is 124 Å². The number of hydrogen-bond donors (Lipinski definition) is 1. The molecule has 6 heteroatoms. The molecule has 110 valence electrons. The number of carbonyl (C=O) groups is 1. The summed E-state index contributed by atoms with van der Waals surface area (Å²) in [5, 5.41) is 9.10. The third-order valence-corrected chi connectivity index (χ3v) is 3.46. The second-order valence-corrected chi connectivity index (χ2v) is 4.79. The summed E-state index contributed by atoms with van der Waals surface area (Å²) in [5.74, 6) is -1.83. The molecule has 0 amide bonds. The molecule has 0 bridgehead atoms. The average Bonchev–Trinajstić information content (AvgIpc) is 2.88. The van der Waals surface area contributed by atoms with Crippen LogP contribution in [0.5, 0.6) is 0 Å². The largest absolute Gasteiger partial charge is 0.473 e. The van der Waals surface area contributed by atoms with Crippen LogP contribution in [0.25, 0.3) is 0 Å². The van der Waals surface area contributed by atoms with Gasteiger partial charge < -0.3 is 5.11 Å². The first-order valence-electron chi connectivity index (χ1n) is 6.47. The molecule has 1 heterocycles. The molecule has 0 saturated carbocycles. The van der Waals surface area contributed by atoms with Crippen LogP contribution in [0.4, 0.5) is 4.39 Å². The fraction of sp³-hybridized carbons (Fsp3) is 0.0625. The summed E-state index contributed by atoms with van der Waals surface area (Å²) in [4.78, 5) is 28.3. The van der Waals surface area contributed by atoms with E-state index in [0.29, 0.717) is 11.1 Å². The van der Waals surface area contributed by atoms with E-state index in [1.807, 2.05) is 0 Å². The van der Waals surface area contributed by atoms with E-state index in [-0.39, 0.29) is 4.92 Å². The zero-order valence-corrected chi connectivity index (χ0v) is 11.3. The van der Waals surface area contributed by atoms with Crippen LogP contribution in [0.3, 0.4) is 0 Å². The van der Waals surface area contributed by atoms with Crippen molar-refractivity contribution in [3.8, 4) is 0 Å². The van der Waals surface area contributed by atoms with Crippen molar-refractivity contribution < 1.29 is 24.1 Å². The van der Waals surface area contributed by atoms with Gasteiger partial charge in [0.05, 0.1) is 11.0 Å². The van der Waals surface area contributed by atoms with Crippen LogP contribution in [-0.4, -0.2) is 16.0 Å². The Balaban J connectivity index is 2.23. The topological polar surface area (TPSA) is 66.6 Å². The predicted molar refractivity (Wildman–Crippen MR) is 74.1 cm³/mol. The van der Waals surface area contributed by atoms with Crippen LogP contribution < -0.4 is 0 Å². The quantitative estimate of drug-likeness (QED) is 0.946. The zero-order valence-electron chi connectivity index (χ0n) is 11.3. The number of nitrogens with zero attached hydrogens (tertiary/aromatic N) is 1. The van der Waals surface area contributed by atoms with E-state index in [0.717, 1.165) is 0 Å². The van der Waals surface area contributed by atoms with Crippen LogP contribution in [0.15, 0.2) is 66.4 Å². The number of aliphatic carboxylic acids is 1. The van der Waals surface area contributed by atoms with E-state index in [9.17, 15) is 14.1 Å². The Morgan fingerprint density at radius 2 is 1.64 bits per heavy atom. The highest BCUT2D eigenvalue weighted by Gasteiger charge is 2.53. The molecule has 0 aromatic heterocycles. The minimum atomic E-state index is -1.40. The first-order valence-corrected chi connectivity index (χ1v) is 6.47. The standard InChI is InChI=1S/C16H10FNO4/c17-13-8-6-12(7-9-13)16(11-4-2-1-3-5-11)10-14(15(19)20)18(21)22-16/h1-10H/p+1. The van der Waals surface area contributed by atoms with Gasteiger partial charge in [-0.1, -0.05) is 42.5 Å². The summed E-state index contributed by atoms with van der Waals surface area (Å²) in [6.07, 6.45) is 1.23. The molecule has 1 unspecified atom stereocenters. The van der Waals surface area contributed by atoms with E-state index >= 15 is 0 Å². The molecule has 1 atom stereocenters. The van der Waals surface area contributed by atoms with Crippen molar-refractivity contribution in [3.05, 3.63) is 88.2 Å². The number of rotatable bonds is 3. The van der Waals surface area contributed by atoms with Gasteiger partial charge in [0.1, 0.15) is 5.82 Å². The third-order valence-electron chi connectivity index (χ3n) is 3.46. The van der Waals surface area contributed by atoms with Gasteiger partial charge in [0.25, 0.3) is 10.5 Å². The van der Waals surface area contributed by atoms with E-state index in [4.69, 9.17) is 9.94 Å². The molecule has 22 heavy (non-hydrogen) atoms. The number of hydrogen-bond acceptors (Lipinski definition) is 3. The Morgan fingerprint density at radius 1 is 1.05 bits per heavy atom. The Kier molecular flexibility index (Phi) is 3.21. The highest BCUT2D eigenvalue weighted by Crippen LogP contribution is 2.40. The maximum atomic E-state index is 13.2. The molecule has 0 radical (unpaired) electrons. The first-order chi connectivity index (χ1) is 10.5. The summed E-state index contributed by atoms with van der Waals surface area (Å²) >= 11 is 0. The van der Waals surface area contributed by atoms with E-state index in [1.54, 1.807) is 30.3 Å². The molecule has 1 aliphatic heterocycles. The molecule has 0 saturated heterocycles. The lowest BCUT2D eigenvalue weighted by Crippen LogP contribution is -2.27. The smallest absolute Gasteiger partial charge is 0.411 e. The fourth-order valence-corrected chi connectivity index (χ4v) is 2.41. The van der Waals surface area contributed by atoms with Crippen molar-refractivity contribution in [3.63, 3.8) is 0 Å². The van der Waals surface area contributed by atoms with Gasteiger partial charge in [0.2, 0.25) is 0 Å². The maximum Gasteiger partial charge on any atom is 0.411 e. The molecule has 0 fully saturated rings. The summed E-state index contributed by atoms with van der Waals surface area (Å²) in [7, 11) is 0. The summed E-state index contributed by atoms with van der Waals surface area (Å²) in [5.41, 5.74) is -0.895. The lowest BCUT2D eigenvalue weighted by molar-refractivity contribution is -0.771. The predicted octanol–water partition coefficient (Wildman–Crippen LogP) is 2.76. The fourth-order valence-electron chi connectivity index (χ4n) is 2.41. The second-order valence-electron chi connectivity index (χ2n) is 4.79. The molecule has 1 N–H and O–H groups in total. The molecule has 5 nitrogen and oxygen atoms in total. The van der Waals surface area contributed by atoms with E-state index < -0.39 is 23.1 Å². The number of carboxylic acid groups (broad SMARTS) is 1. The zero-order chi connectivity index (χ0) is 15.7.